The number of benzene rings is 2. The van der Waals surface area contributed by atoms with E-state index in [9.17, 15) is 4.79 Å². The first-order valence-corrected chi connectivity index (χ1v) is 10.4. The number of aryl methyl sites for hydroxylation is 2. The number of hydrogen-bond acceptors (Lipinski definition) is 4. The summed E-state index contributed by atoms with van der Waals surface area (Å²) in [4.78, 5) is 17.5. The van der Waals surface area contributed by atoms with Crippen LogP contribution in [-0.4, -0.2) is 58.2 Å². The third kappa shape index (κ3) is 4.71. The van der Waals surface area contributed by atoms with E-state index in [4.69, 9.17) is 4.74 Å². The fourth-order valence-corrected chi connectivity index (χ4v) is 3.83. The molecule has 6 nitrogen and oxygen atoms in total. The lowest BCUT2D eigenvalue weighted by Crippen LogP contribution is -2.49. The highest BCUT2D eigenvalue weighted by atomic mass is 16.5. The second-order valence-electron chi connectivity index (χ2n) is 7.70. The molecule has 0 spiro atoms. The molecule has 1 amide bonds. The van der Waals surface area contributed by atoms with Gasteiger partial charge in [-0.3, -0.25) is 14.4 Å². The first-order valence-electron chi connectivity index (χ1n) is 10.4. The Morgan fingerprint density at radius 1 is 0.933 bits per heavy atom. The van der Waals surface area contributed by atoms with Crippen molar-refractivity contribution in [2.24, 2.45) is 0 Å². The number of carbonyl (C=O) groups excluding carboxylic acids is 1. The standard InChI is InChI=1S/C24H28N4O2/c1-19-18-20(2)28(25-19)17-14-26-12-15-27(16-13-26)24(29)22-10-6-7-11-23(22)30-21-8-4-3-5-9-21/h3-11,18H,12-17H2,1-2H3. The number of piperazine rings is 1. The van der Waals surface area contributed by atoms with E-state index in [1.54, 1.807) is 0 Å². The van der Waals surface area contributed by atoms with Crippen LogP contribution in [-0.2, 0) is 6.54 Å². The fraction of sp³-hybridized carbons (Fsp3) is 0.333. The third-order valence-corrected chi connectivity index (χ3v) is 5.48. The van der Waals surface area contributed by atoms with Crippen LogP contribution in [0.2, 0.25) is 0 Å². The van der Waals surface area contributed by atoms with Crippen molar-refractivity contribution in [3.8, 4) is 11.5 Å². The van der Waals surface area contributed by atoms with Crippen LogP contribution in [0.4, 0.5) is 0 Å². The molecular formula is C24H28N4O2. The van der Waals surface area contributed by atoms with E-state index in [0.717, 1.165) is 50.7 Å². The van der Waals surface area contributed by atoms with Crippen LogP contribution < -0.4 is 4.74 Å². The zero-order valence-electron chi connectivity index (χ0n) is 17.6. The van der Waals surface area contributed by atoms with Gasteiger partial charge in [-0.15, -0.1) is 0 Å². The number of amides is 1. The molecule has 0 radical (unpaired) electrons. The highest BCUT2D eigenvalue weighted by molar-refractivity contribution is 5.97. The summed E-state index contributed by atoms with van der Waals surface area (Å²) in [5.41, 5.74) is 2.85. The predicted octanol–water partition coefficient (Wildman–Crippen LogP) is 3.75. The molecule has 0 atom stereocenters. The maximum Gasteiger partial charge on any atom is 0.257 e. The molecule has 0 bridgehead atoms. The number of ether oxygens (including phenoxy) is 1. The Morgan fingerprint density at radius 2 is 1.63 bits per heavy atom. The summed E-state index contributed by atoms with van der Waals surface area (Å²) in [6, 6.07) is 19.1. The monoisotopic (exact) mass is 404 g/mol. The normalized spacial score (nSPS) is 14.7. The third-order valence-electron chi connectivity index (χ3n) is 5.48. The highest BCUT2D eigenvalue weighted by Gasteiger charge is 2.24. The molecule has 156 valence electrons. The van der Waals surface area contributed by atoms with Crippen LogP contribution >= 0.6 is 0 Å². The van der Waals surface area contributed by atoms with Crippen LogP contribution in [0.1, 0.15) is 21.7 Å². The van der Waals surface area contributed by atoms with Gasteiger partial charge in [0.15, 0.2) is 0 Å². The van der Waals surface area contributed by atoms with Gasteiger partial charge in [0.1, 0.15) is 11.5 Å². The van der Waals surface area contributed by atoms with Gasteiger partial charge in [-0.05, 0) is 44.2 Å². The van der Waals surface area contributed by atoms with Gasteiger partial charge in [-0.2, -0.15) is 5.10 Å². The van der Waals surface area contributed by atoms with Crippen LogP contribution in [0.5, 0.6) is 11.5 Å². The minimum absolute atomic E-state index is 0.0275. The molecular weight excluding hydrogens is 376 g/mol. The Kier molecular flexibility index (Phi) is 6.14. The number of para-hydroxylation sites is 2. The maximum atomic E-state index is 13.2. The number of rotatable bonds is 6. The molecule has 1 aliphatic rings. The van der Waals surface area contributed by atoms with Crippen molar-refractivity contribution in [2.75, 3.05) is 32.7 Å². The van der Waals surface area contributed by atoms with Gasteiger partial charge < -0.3 is 9.64 Å². The smallest absolute Gasteiger partial charge is 0.257 e. The highest BCUT2D eigenvalue weighted by Crippen LogP contribution is 2.26. The average molecular weight is 405 g/mol. The minimum atomic E-state index is 0.0275. The molecule has 6 heteroatoms. The molecule has 1 saturated heterocycles. The molecule has 2 aromatic carbocycles. The number of nitrogens with zero attached hydrogens (tertiary/aromatic N) is 4. The van der Waals surface area contributed by atoms with Crippen LogP contribution in [0.3, 0.4) is 0 Å². The lowest BCUT2D eigenvalue weighted by atomic mass is 10.1. The summed E-state index contributed by atoms with van der Waals surface area (Å²) in [7, 11) is 0. The molecule has 0 saturated carbocycles. The van der Waals surface area contributed by atoms with Crippen molar-refractivity contribution in [3.05, 3.63) is 77.6 Å². The van der Waals surface area contributed by atoms with Crippen molar-refractivity contribution >= 4 is 5.91 Å². The molecule has 30 heavy (non-hydrogen) atoms. The molecule has 1 fully saturated rings. The quantitative estimate of drug-likeness (QED) is 0.628. The van der Waals surface area contributed by atoms with Gasteiger partial charge >= 0.3 is 0 Å². The molecule has 0 N–H and O–H groups in total. The van der Waals surface area contributed by atoms with Gasteiger partial charge in [-0.25, -0.2) is 0 Å². The van der Waals surface area contributed by atoms with Crippen LogP contribution in [0.15, 0.2) is 60.7 Å². The predicted molar refractivity (Wildman–Crippen MR) is 117 cm³/mol. The first kappa shape index (κ1) is 20.2. The molecule has 0 unspecified atom stereocenters. The van der Waals surface area contributed by atoms with E-state index in [2.05, 4.69) is 27.7 Å². The second kappa shape index (κ2) is 9.13. The summed E-state index contributed by atoms with van der Waals surface area (Å²) < 4.78 is 8.04. The molecule has 0 aliphatic carbocycles. The molecule has 2 heterocycles. The van der Waals surface area contributed by atoms with Crippen molar-refractivity contribution in [1.29, 1.82) is 0 Å². The lowest BCUT2D eigenvalue weighted by molar-refractivity contribution is 0.0629. The van der Waals surface area contributed by atoms with Gasteiger partial charge in [0.25, 0.3) is 5.91 Å². The Balaban J connectivity index is 1.35. The zero-order chi connectivity index (χ0) is 20.9. The van der Waals surface area contributed by atoms with Crippen molar-refractivity contribution in [1.82, 2.24) is 19.6 Å². The van der Waals surface area contributed by atoms with Crippen molar-refractivity contribution < 1.29 is 9.53 Å². The van der Waals surface area contributed by atoms with Crippen LogP contribution in [0, 0.1) is 13.8 Å². The second-order valence-corrected chi connectivity index (χ2v) is 7.70. The van der Waals surface area contributed by atoms with E-state index >= 15 is 0 Å². The number of aromatic nitrogens is 2. The van der Waals surface area contributed by atoms with Crippen molar-refractivity contribution in [3.63, 3.8) is 0 Å². The lowest BCUT2D eigenvalue weighted by Gasteiger charge is -2.35. The maximum absolute atomic E-state index is 13.2. The Hall–Kier alpha value is -3.12. The van der Waals surface area contributed by atoms with Crippen LogP contribution in [0.25, 0.3) is 0 Å². The number of carbonyl (C=O) groups is 1. The summed E-state index contributed by atoms with van der Waals surface area (Å²) in [5, 5.41) is 4.53. The Labute approximate surface area is 177 Å². The molecule has 4 rings (SSSR count). The fourth-order valence-electron chi connectivity index (χ4n) is 3.83. The number of hydrogen-bond donors (Lipinski definition) is 0. The van der Waals surface area contributed by atoms with E-state index in [-0.39, 0.29) is 5.91 Å². The molecule has 3 aromatic rings. The summed E-state index contributed by atoms with van der Waals surface area (Å²) in [6.45, 7) is 9.10. The zero-order valence-corrected chi connectivity index (χ0v) is 17.6. The summed E-state index contributed by atoms with van der Waals surface area (Å²) in [5.74, 6) is 1.35. The van der Waals surface area contributed by atoms with Gasteiger partial charge in [-0.1, -0.05) is 30.3 Å². The minimum Gasteiger partial charge on any atom is -0.457 e. The average Bonchev–Trinajstić information content (AvgIpc) is 3.10. The Bertz CT molecular complexity index is 991. The van der Waals surface area contributed by atoms with Gasteiger partial charge in [0.2, 0.25) is 0 Å². The Morgan fingerprint density at radius 3 is 2.33 bits per heavy atom. The molecule has 1 aromatic heterocycles. The topological polar surface area (TPSA) is 50.6 Å². The van der Waals surface area contributed by atoms with E-state index in [1.165, 1.54) is 5.69 Å². The van der Waals surface area contributed by atoms with Crippen molar-refractivity contribution in [2.45, 2.75) is 20.4 Å². The summed E-state index contributed by atoms with van der Waals surface area (Å²) >= 11 is 0. The SMILES string of the molecule is Cc1cc(C)n(CCN2CCN(C(=O)c3ccccc3Oc3ccccc3)CC2)n1. The van der Waals surface area contributed by atoms with Gasteiger partial charge in [0.05, 0.1) is 17.8 Å². The van der Waals surface area contributed by atoms with E-state index < -0.39 is 0 Å². The first-order chi connectivity index (χ1) is 14.6. The molecule has 1 aliphatic heterocycles. The largest absolute Gasteiger partial charge is 0.457 e. The van der Waals surface area contributed by atoms with E-state index in [1.807, 2.05) is 66.4 Å². The summed E-state index contributed by atoms with van der Waals surface area (Å²) in [6.07, 6.45) is 0. The van der Waals surface area contributed by atoms with Gasteiger partial charge in [0, 0.05) is 38.4 Å². The van der Waals surface area contributed by atoms with E-state index in [0.29, 0.717) is 11.3 Å².